The number of carbonyl (C=O) groups is 2. The van der Waals surface area contributed by atoms with Gasteiger partial charge in [0.2, 0.25) is 0 Å². The summed E-state index contributed by atoms with van der Waals surface area (Å²) in [5.41, 5.74) is 1.03. The van der Waals surface area contributed by atoms with Crippen LogP contribution in [0.4, 0.5) is 0 Å². The van der Waals surface area contributed by atoms with E-state index in [0.717, 1.165) is 6.42 Å². The minimum atomic E-state index is -0.799. The molecule has 3 rings (SSSR count). The Kier molecular flexibility index (Phi) is 9.36. The molecule has 1 heterocycles. The quantitative estimate of drug-likeness (QED) is 0.198. The number of likely N-dealkylation sites (tertiary alicyclic amines) is 1. The molecule has 194 valence electrons. The number of nitrogens with zero attached hydrogens (tertiary/aromatic N) is 1. The molecule has 1 aliphatic rings. The molecule has 2 aromatic rings. The van der Waals surface area contributed by atoms with Gasteiger partial charge in [-0.1, -0.05) is 32.0 Å². The number of aliphatic hydroxyl groups is 1. The molecule has 0 bridgehead atoms. The molecular formula is C28H35NO7. The van der Waals surface area contributed by atoms with E-state index >= 15 is 0 Å². The summed E-state index contributed by atoms with van der Waals surface area (Å²) in [6.07, 6.45) is 1.43. The fourth-order valence-electron chi connectivity index (χ4n) is 4.14. The van der Waals surface area contributed by atoms with Gasteiger partial charge in [-0.3, -0.25) is 9.59 Å². The lowest BCUT2D eigenvalue weighted by Crippen LogP contribution is -2.31. The summed E-state index contributed by atoms with van der Waals surface area (Å²) >= 11 is 0. The topological polar surface area (TPSA) is 94.5 Å². The third-order valence-electron chi connectivity index (χ3n) is 6.09. The number of aliphatic hydroxyl groups excluding tert-OH is 1. The number of Topliss-reactive ketones (excluding diaryl/α,β-unsaturated/α-hetero) is 1. The molecule has 36 heavy (non-hydrogen) atoms. The molecule has 0 saturated carbocycles. The number of hydrogen-bond acceptors (Lipinski definition) is 7. The molecule has 0 aliphatic carbocycles. The highest BCUT2D eigenvalue weighted by Crippen LogP contribution is 2.42. The maximum atomic E-state index is 13.2. The van der Waals surface area contributed by atoms with E-state index in [1.165, 1.54) is 12.0 Å². The van der Waals surface area contributed by atoms with E-state index in [9.17, 15) is 14.7 Å². The molecule has 1 fully saturated rings. The monoisotopic (exact) mass is 497 g/mol. The first-order chi connectivity index (χ1) is 17.3. The molecule has 1 unspecified atom stereocenters. The third-order valence-corrected chi connectivity index (χ3v) is 6.09. The van der Waals surface area contributed by atoms with Crippen LogP contribution in [-0.4, -0.2) is 62.8 Å². The summed E-state index contributed by atoms with van der Waals surface area (Å²) in [4.78, 5) is 27.8. The second-order valence-corrected chi connectivity index (χ2v) is 9.01. The first kappa shape index (κ1) is 27.1. The summed E-state index contributed by atoms with van der Waals surface area (Å²) in [5, 5.41) is 11.2. The second kappa shape index (κ2) is 12.4. The molecule has 1 saturated heterocycles. The lowest BCUT2D eigenvalue weighted by Gasteiger charge is -2.26. The van der Waals surface area contributed by atoms with Crippen molar-refractivity contribution in [2.45, 2.75) is 32.7 Å². The Labute approximate surface area is 212 Å². The van der Waals surface area contributed by atoms with E-state index in [1.54, 1.807) is 56.7 Å². The van der Waals surface area contributed by atoms with Crippen molar-refractivity contribution >= 4 is 17.4 Å². The average molecular weight is 498 g/mol. The molecule has 1 N–H and O–H groups in total. The van der Waals surface area contributed by atoms with Gasteiger partial charge in [0.25, 0.3) is 11.7 Å². The molecule has 8 nitrogen and oxygen atoms in total. The largest absolute Gasteiger partial charge is 0.507 e. The highest BCUT2D eigenvalue weighted by atomic mass is 16.5. The van der Waals surface area contributed by atoms with Crippen molar-refractivity contribution in [3.8, 4) is 17.2 Å². The molecule has 1 amide bonds. The van der Waals surface area contributed by atoms with E-state index in [4.69, 9.17) is 18.9 Å². The van der Waals surface area contributed by atoms with Crippen LogP contribution in [0.1, 0.15) is 43.9 Å². The van der Waals surface area contributed by atoms with E-state index in [1.807, 2.05) is 0 Å². The number of methoxy groups -OCH3 is 3. The Balaban J connectivity index is 2.08. The number of amides is 1. The molecule has 0 radical (unpaired) electrons. The van der Waals surface area contributed by atoms with Gasteiger partial charge in [0.15, 0.2) is 11.5 Å². The van der Waals surface area contributed by atoms with Gasteiger partial charge in [0.1, 0.15) is 11.5 Å². The maximum Gasteiger partial charge on any atom is 0.295 e. The fraction of sp³-hybridized carbons (Fsp3) is 0.429. The van der Waals surface area contributed by atoms with Gasteiger partial charge in [-0.15, -0.1) is 0 Å². The molecule has 8 heteroatoms. The first-order valence-electron chi connectivity index (χ1n) is 12.0. The minimum absolute atomic E-state index is 0.0150. The van der Waals surface area contributed by atoms with Crippen molar-refractivity contribution in [3.63, 3.8) is 0 Å². The lowest BCUT2D eigenvalue weighted by molar-refractivity contribution is -0.140. The second-order valence-electron chi connectivity index (χ2n) is 9.01. The van der Waals surface area contributed by atoms with E-state index in [2.05, 4.69) is 13.8 Å². The van der Waals surface area contributed by atoms with Crippen LogP contribution in [0.25, 0.3) is 5.76 Å². The Morgan fingerprint density at radius 1 is 1.00 bits per heavy atom. The van der Waals surface area contributed by atoms with E-state index in [0.29, 0.717) is 53.9 Å². The van der Waals surface area contributed by atoms with Gasteiger partial charge in [0, 0.05) is 25.8 Å². The fourth-order valence-corrected chi connectivity index (χ4v) is 4.14. The summed E-state index contributed by atoms with van der Waals surface area (Å²) in [6.45, 7) is 5.50. The van der Waals surface area contributed by atoms with Crippen LogP contribution in [-0.2, 0) is 14.3 Å². The van der Waals surface area contributed by atoms with Crippen LogP contribution in [0, 0.1) is 5.92 Å². The number of ether oxygens (including phenoxy) is 4. The zero-order valence-corrected chi connectivity index (χ0v) is 21.6. The van der Waals surface area contributed by atoms with Crippen molar-refractivity contribution in [1.29, 1.82) is 0 Å². The predicted octanol–water partition coefficient (Wildman–Crippen LogP) is 4.59. The van der Waals surface area contributed by atoms with Gasteiger partial charge in [-0.25, -0.2) is 0 Å². The zero-order valence-electron chi connectivity index (χ0n) is 21.6. The van der Waals surface area contributed by atoms with Crippen molar-refractivity contribution in [2.24, 2.45) is 5.92 Å². The maximum absolute atomic E-state index is 13.2. The van der Waals surface area contributed by atoms with Crippen LogP contribution < -0.4 is 14.2 Å². The minimum Gasteiger partial charge on any atom is -0.507 e. The number of benzene rings is 2. The van der Waals surface area contributed by atoms with Crippen LogP contribution in [0.2, 0.25) is 0 Å². The number of rotatable bonds is 12. The molecule has 0 spiro atoms. The average Bonchev–Trinajstić information content (AvgIpc) is 3.13. The summed E-state index contributed by atoms with van der Waals surface area (Å²) in [6, 6.07) is 11.3. The molecule has 1 atom stereocenters. The van der Waals surface area contributed by atoms with Gasteiger partial charge in [-0.05, 0) is 48.6 Å². The summed E-state index contributed by atoms with van der Waals surface area (Å²) < 4.78 is 21.9. The molecular weight excluding hydrogens is 462 g/mol. The van der Waals surface area contributed by atoms with Gasteiger partial charge in [-0.2, -0.15) is 0 Å². The van der Waals surface area contributed by atoms with Crippen molar-refractivity contribution in [1.82, 2.24) is 4.90 Å². The van der Waals surface area contributed by atoms with Crippen molar-refractivity contribution in [2.75, 3.05) is 41.1 Å². The Morgan fingerprint density at radius 2 is 1.78 bits per heavy atom. The van der Waals surface area contributed by atoms with Crippen LogP contribution >= 0.6 is 0 Å². The summed E-state index contributed by atoms with van der Waals surface area (Å²) in [5.74, 6) is 0.410. The normalized spacial score (nSPS) is 17.1. The van der Waals surface area contributed by atoms with Gasteiger partial charge < -0.3 is 29.0 Å². The van der Waals surface area contributed by atoms with E-state index in [-0.39, 0.29) is 17.9 Å². The molecule has 0 aromatic heterocycles. The van der Waals surface area contributed by atoms with Gasteiger partial charge >= 0.3 is 0 Å². The smallest absolute Gasteiger partial charge is 0.295 e. The van der Waals surface area contributed by atoms with Crippen molar-refractivity contribution in [3.05, 3.63) is 59.2 Å². The van der Waals surface area contributed by atoms with Crippen LogP contribution in [0.15, 0.2) is 48.0 Å². The molecule has 2 aromatic carbocycles. The van der Waals surface area contributed by atoms with E-state index < -0.39 is 17.7 Å². The Bertz CT molecular complexity index is 1110. The van der Waals surface area contributed by atoms with Crippen molar-refractivity contribution < 1.29 is 33.6 Å². The summed E-state index contributed by atoms with van der Waals surface area (Å²) in [7, 11) is 4.64. The zero-order chi connectivity index (χ0) is 26.2. The number of hydrogen-bond donors (Lipinski definition) is 1. The van der Waals surface area contributed by atoms with Gasteiger partial charge in [0.05, 0.1) is 32.4 Å². The first-order valence-corrected chi connectivity index (χ1v) is 12.0. The highest BCUT2D eigenvalue weighted by Gasteiger charge is 2.46. The Hall–Kier alpha value is -3.52. The van der Waals surface area contributed by atoms with Crippen LogP contribution in [0.5, 0.6) is 17.2 Å². The predicted molar refractivity (Wildman–Crippen MR) is 136 cm³/mol. The lowest BCUT2D eigenvalue weighted by atomic mass is 9.95. The molecule has 1 aliphatic heterocycles. The third kappa shape index (κ3) is 5.99. The standard InChI is InChI=1S/C28H35NO7/c1-18(2)12-15-36-22-11-10-19(17-23(22)35-5)25-24(26(30)20-8-6-9-21(16-20)34-4)27(31)28(32)29(25)13-7-14-33-3/h6,8-11,16-18,25,30H,7,12-15H2,1-5H3. The Morgan fingerprint density at radius 3 is 2.44 bits per heavy atom. The highest BCUT2D eigenvalue weighted by molar-refractivity contribution is 6.46. The number of ketones is 1. The van der Waals surface area contributed by atoms with Crippen LogP contribution in [0.3, 0.4) is 0 Å². The SMILES string of the molecule is COCCCN1C(=O)C(=O)C(=C(O)c2cccc(OC)c2)C1c1ccc(OCCC(C)C)c(OC)c1. The number of carbonyl (C=O) groups excluding carboxylic acids is 2.